The molecule has 7 heteroatoms. The Bertz CT molecular complexity index is 1130. The molecule has 0 aliphatic carbocycles. The van der Waals surface area contributed by atoms with Crippen LogP contribution in [0.2, 0.25) is 0 Å². The lowest BCUT2D eigenvalue weighted by molar-refractivity contribution is -0.134. The van der Waals surface area contributed by atoms with Crippen molar-refractivity contribution in [3.05, 3.63) is 89.7 Å². The third-order valence-electron chi connectivity index (χ3n) is 6.44. The number of ether oxygens (including phenoxy) is 2. The van der Waals surface area contributed by atoms with Crippen LogP contribution in [-0.2, 0) is 22.6 Å². The van der Waals surface area contributed by atoms with Crippen molar-refractivity contribution in [1.82, 2.24) is 14.4 Å². The van der Waals surface area contributed by atoms with Gasteiger partial charge in [0.15, 0.2) is 0 Å². The van der Waals surface area contributed by atoms with E-state index in [9.17, 15) is 9.59 Å². The number of carbonyl (C=O) groups is 2. The Morgan fingerprint density at radius 3 is 2.34 bits per heavy atom. The van der Waals surface area contributed by atoms with Crippen molar-refractivity contribution in [2.24, 2.45) is 0 Å². The Balaban J connectivity index is 1.70. The minimum absolute atomic E-state index is 0.0193. The van der Waals surface area contributed by atoms with Gasteiger partial charge in [0, 0.05) is 43.7 Å². The van der Waals surface area contributed by atoms with E-state index in [0.29, 0.717) is 31.9 Å². The van der Waals surface area contributed by atoms with Crippen molar-refractivity contribution in [1.29, 1.82) is 0 Å². The second-order valence-corrected chi connectivity index (χ2v) is 9.67. The lowest BCUT2D eigenvalue weighted by atomic mass is 10.2. The summed E-state index contributed by atoms with van der Waals surface area (Å²) in [5, 5.41) is 0. The van der Waals surface area contributed by atoms with Gasteiger partial charge in [-0.3, -0.25) is 9.59 Å². The van der Waals surface area contributed by atoms with Crippen LogP contribution in [0.3, 0.4) is 0 Å². The maximum atomic E-state index is 13.6. The third-order valence-corrected chi connectivity index (χ3v) is 6.44. The van der Waals surface area contributed by atoms with E-state index >= 15 is 0 Å². The molecule has 38 heavy (non-hydrogen) atoms. The number of hydrogen-bond donors (Lipinski definition) is 0. The van der Waals surface area contributed by atoms with E-state index in [0.717, 1.165) is 30.8 Å². The van der Waals surface area contributed by atoms with Crippen molar-refractivity contribution < 1.29 is 19.1 Å². The molecule has 204 valence electrons. The largest absolute Gasteiger partial charge is 0.494 e. The molecule has 0 saturated carbocycles. The molecule has 1 aromatic heterocycles. The Morgan fingerprint density at radius 1 is 0.947 bits per heavy atom. The molecule has 0 saturated heterocycles. The Morgan fingerprint density at radius 2 is 1.68 bits per heavy atom. The van der Waals surface area contributed by atoms with Crippen molar-refractivity contribution in [2.45, 2.75) is 52.7 Å². The van der Waals surface area contributed by atoms with Crippen LogP contribution in [-0.4, -0.2) is 65.6 Å². The Labute approximate surface area is 227 Å². The van der Waals surface area contributed by atoms with Gasteiger partial charge in [0.2, 0.25) is 5.91 Å². The molecule has 7 nitrogen and oxygen atoms in total. The number of amides is 2. The van der Waals surface area contributed by atoms with Crippen molar-refractivity contribution in [3.63, 3.8) is 0 Å². The second kappa shape index (κ2) is 15.0. The van der Waals surface area contributed by atoms with Gasteiger partial charge in [-0.2, -0.15) is 0 Å². The van der Waals surface area contributed by atoms with Crippen LogP contribution in [0, 0.1) is 0 Å². The average Bonchev–Trinajstić information content (AvgIpc) is 3.36. The average molecular weight is 520 g/mol. The fourth-order valence-electron chi connectivity index (χ4n) is 4.18. The van der Waals surface area contributed by atoms with Crippen molar-refractivity contribution in [2.75, 3.05) is 33.4 Å². The molecule has 0 radical (unpaired) electrons. The number of hydrogen-bond acceptors (Lipinski definition) is 4. The van der Waals surface area contributed by atoms with E-state index in [1.807, 2.05) is 55.3 Å². The maximum Gasteiger partial charge on any atom is 0.254 e. The highest BCUT2D eigenvalue weighted by Gasteiger charge is 2.24. The molecule has 0 spiro atoms. The van der Waals surface area contributed by atoms with E-state index in [4.69, 9.17) is 9.47 Å². The molecule has 2 amide bonds. The zero-order chi connectivity index (χ0) is 27.3. The van der Waals surface area contributed by atoms with Crippen LogP contribution in [0.1, 0.15) is 55.2 Å². The number of carbonyl (C=O) groups excluding carboxylic acids is 2. The summed E-state index contributed by atoms with van der Waals surface area (Å²) < 4.78 is 13.1. The van der Waals surface area contributed by atoms with Crippen LogP contribution in [0.5, 0.6) is 5.75 Å². The molecule has 3 aromatic rings. The number of methoxy groups -OCH3 is 1. The topological polar surface area (TPSA) is 64.0 Å². The fraction of sp³-hybridized carbons (Fsp3) is 0.419. The monoisotopic (exact) mass is 519 g/mol. The Kier molecular flexibility index (Phi) is 11.4. The van der Waals surface area contributed by atoms with Gasteiger partial charge < -0.3 is 23.8 Å². The molecule has 0 N–H and O–H groups in total. The molecule has 2 aromatic carbocycles. The zero-order valence-electron chi connectivity index (χ0n) is 23.1. The van der Waals surface area contributed by atoms with Crippen LogP contribution >= 0.6 is 0 Å². The van der Waals surface area contributed by atoms with Crippen LogP contribution in [0.4, 0.5) is 0 Å². The molecular weight excluding hydrogens is 478 g/mol. The zero-order valence-corrected chi connectivity index (χ0v) is 23.1. The highest BCUT2D eigenvalue weighted by molar-refractivity contribution is 5.96. The minimum Gasteiger partial charge on any atom is -0.494 e. The lowest BCUT2D eigenvalue weighted by Crippen LogP contribution is -2.46. The molecule has 0 unspecified atom stereocenters. The summed E-state index contributed by atoms with van der Waals surface area (Å²) in [5.74, 6) is 0.433. The van der Waals surface area contributed by atoms with Gasteiger partial charge in [-0.25, -0.2) is 0 Å². The summed E-state index contributed by atoms with van der Waals surface area (Å²) in [4.78, 5) is 30.3. The molecule has 0 fully saturated rings. The molecule has 0 bridgehead atoms. The third kappa shape index (κ3) is 8.48. The number of unbranched alkanes of at least 4 members (excludes halogenated alkanes) is 1. The molecule has 0 aliphatic rings. The summed E-state index contributed by atoms with van der Waals surface area (Å²) in [6, 6.07) is 21.4. The minimum atomic E-state index is -0.202. The molecule has 3 rings (SSSR count). The predicted octanol–water partition coefficient (Wildman–Crippen LogP) is 5.24. The van der Waals surface area contributed by atoms with Gasteiger partial charge in [0.1, 0.15) is 12.3 Å². The molecule has 1 heterocycles. The van der Waals surface area contributed by atoms with Gasteiger partial charge in [0.05, 0.1) is 19.8 Å². The summed E-state index contributed by atoms with van der Waals surface area (Å²) >= 11 is 0. The Hall–Kier alpha value is -3.58. The highest BCUT2D eigenvalue weighted by Crippen LogP contribution is 2.16. The number of benzene rings is 2. The van der Waals surface area contributed by atoms with Crippen LogP contribution in [0.15, 0.2) is 72.9 Å². The van der Waals surface area contributed by atoms with Gasteiger partial charge in [-0.1, -0.05) is 43.7 Å². The molecule has 0 aliphatic heterocycles. The summed E-state index contributed by atoms with van der Waals surface area (Å²) in [6.45, 7) is 8.62. The summed E-state index contributed by atoms with van der Waals surface area (Å²) in [5.41, 5.74) is 2.76. The highest BCUT2D eigenvalue weighted by atomic mass is 16.5. The second-order valence-electron chi connectivity index (χ2n) is 9.67. The summed E-state index contributed by atoms with van der Waals surface area (Å²) in [6.07, 6.45) is 4.08. The van der Waals surface area contributed by atoms with E-state index in [1.54, 1.807) is 36.3 Å². The normalized spacial score (nSPS) is 11.0. The van der Waals surface area contributed by atoms with Gasteiger partial charge in [-0.05, 0) is 62.2 Å². The fourth-order valence-corrected chi connectivity index (χ4v) is 4.18. The first kappa shape index (κ1) is 29.0. The van der Waals surface area contributed by atoms with E-state index in [-0.39, 0.29) is 24.4 Å². The number of nitrogens with zero attached hydrogens (tertiary/aromatic N) is 3. The van der Waals surface area contributed by atoms with E-state index < -0.39 is 0 Å². The first-order valence-electron chi connectivity index (χ1n) is 13.4. The molecule has 0 atom stereocenters. The molecular formula is C31H41N3O4. The van der Waals surface area contributed by atoms with Crippen LogP contribution < -0.4 is 4.74 Å². The lowest BCUT2D eigenvalue weighted by Gasteiger charge is -2.30. The van der Waals surface area contributed by atoms with Crippen molar-refractivity contribution in [3.8, 4) is 5.75 Å². The number of aromatic nitrogens is 1. The quantitative estimate of drug-likeness (QED) is 0.258. The smallest absolute Gasteiger partial charge is 0.254 e. The van der Waals surface area contributed by atoms with Crippen LogP contribution in [0.25, 0.3) is 0 Å². The van der Waals surface area contributed by atoms with Crippen molar-refractivity contribution >= 4 is 11.8 Å². The summed E-state index contributed by atoms with van der Waals surface area (Å²) in [7, 11) is 1.59. The van der Waals surface area contributed by atoms with E-state index in [2.05, 4.69) is 23.6 Å². The van der Waals surface area contributed by atoms with Gasteiger partial charge in [0.25, 0.3) is 5.91 Å². The SMILES string of the molecule is CCCCOc1ccc(C(=O)N(CCOC)CC(=O)N(Cc2cccn2Cc2ccccc2)C(C)C)cc1. The maximum absolute atomic E-state index is 13.6. The first-order chi connectivity index (χ1) is 18.4. The predicted molar refractivity (Wildman–Crippen MR) is 150 cm³/mol. The van der Waals surface area contributed by atoms with Gasteiger partial charge >= 0.3 is 0 Å². The van der Waals surface area contributed by atoms with E-state index in [1.165, 1.54) is 5.56 Å². The number of rotatable bonds is 15. The standard InChI is InChI=1S/C31H41N3O4/c1-5-6-20-38-29-16-14-27(15-17-29)31(36)33(19-21-37-4)24-30(35)34(25(2)3)23-28-13-10-18-32(28)22-26-11-8-7-9-12-26/h7-18,25H,5-6,19-24H2,1-4H3. The first-order valence-corrected chi connectivity index (χ1v) is 13.4. The van der Waals surface area contributed by atoms with Gasteiger partial charge in [-0.15, -0.1) is 0 Å².